The van der Waals surface area contributed by atoms with E-state index in [2.05, 4.69) is 11.9 Å². The number of carbonyl (C=O) groups is 2. The Labute approximate surface area is 157 Å². The molecule has 0 bridgehead atoms. The van der Waals surface area contributed by atoms with Crippen molar-refractivity contribution < 1.29 is 35.9 Å². The van der Waals surface area contributed by atoms with Gasteiger partial charge in [0.1, 0.15) is 0 Å². The summed E-state index contributed by atoms with van der Waals surface area (Å²) in [5.74, 6) is -1.01. The van der Waals surface area contributed by atoms with E-state index < -0.39 is 40.5 Å². The summed E-state index contributed by atoms with van der Waals surface area (Å²) in [7, 11) is 0. The summed E-state index contributed by atoms with van der Waals surface area (Å²) >= 11 is 0. The maximum atomic E-state index is 13.3. The summed E-state index contributed by atoms with van der Waals surface area (Å²) in [6.07, 6.45) is -8.99. The Kier molecular flexibility index (Phi) is 6.41. The molecule has 1 aliphatic heterocycles. The molecule has 10 heteroatoms. The molecule has 0 aromatic heterocycles. The zero-order chi connectivity index (χ0) is 21.1. The predicted octanol–water partition coefficient (Wildman–Crippen LogP) is 3.87. The lowest BCUT2D eigenvalue weighted by Crippen LogP contribution is -2.31. The van der Waals surface area contributed by atoms with Crippen molar-refractivity contribution in [3.8, 4) is 0 Å². The Hall–Kier alpha value is -2.52. The summed E-state index contributed by atoms with van der Waals surface area (Å²) < 4.78 is 78.8. The monoisotopic (exact) mass is 408 g/mol. The molecule has 0 radical (unpaired) electrons. The molecule has 154 valence electrons. The van der Waals surface area contributed by atoms with Crippen molar-refractivity contribution in [1.29, 1.82) is 0 Å². The van der Waals surface area contributed by atoms with E-state index in [1.165, 1.54) is 0 Å². The molecular formula is C18H18F6N2O2. The van der Waals surface area contributed by atoms with Crippen molar-refractivity contribution in [3.63, 3.8) is 0 Å². The molecule has 1 heterocycles. The van der Waals surface area contributed by atoms with Crippen molar-refractivity contribution in [2.24, 2.45) is 0 Å². The second-order valence-electron chi connectivity index (χ2n) is 6.30. The highest BCUT2D eigenvalue weighted by Gasteiger charge is 2.45. The standard InChI is InChI=1S/C18H18F6N2O2/c1-11(16(28)25-8-4-10-26-9-3-7-14(26)27)12-5-2-6-13(17(19,20)21)15(12)18(22,23)24/h2,5-6H,1,3-4,7-10H2,(H,25,28). The number of alkyl halides is 6. The van der Waals surface area contributed by atoms with Gasteiger partial charge in [-0.1, -0.05) is 18.7 Å². The molecule has 0 spiro atoms. The van der Waals surface area contributed by atoms with E-state index in [-0.39, 0.29) is 12.5 Å². The molecule has 1 aliphatic rings. The lowest BCUT2D eigenvalue weighted by molar-refractivity contribution is -0.162. The minimum Gasteiger partial charge on any atom is -0.352 e. The van der Waals surface area contributed by atoms with Gasteiger partial charge in [0.15, 0.2) is 0 Å². The van der Waals surface area contributed by atoms with E-state index >= 15 is 0 Å². The molecule has 0 saturated carbocycles. The van der Waals surface area contributed by atoms with Gasteiger partial charge >= 0.3 is 12.4 Å². The molecule has 2 amide bonds. The van der Waals surface area contributed by atoms with Crippen LogP contribution in [0, 0.1) is 0 Å². The number of nitrogens with zero attached hydrogens (tertiary/aromatic N) is 1. The zero-order valence-corrected chi connectivity index (χ0v) is 14.7. The average Bonchev–Trinajstić information content (AvgIpc) is 3.00. The summed E-state index contributed by atoms with van der Waals surface area (Å²) in [6, 6.07) is 1.89. The molecular weight excluding hydrogens is 390 g/mol. The lowest BCUT2D eigenvalue weighted by atomic mass is 9.94. The summed E-state index contributed by atoms with van der Waals surface area (Å²) in [4.78, 5) is 25.2. The fraction of sp³-hybridized carbons (Fsp3) is 0.444. The summed E-state index contributed by atoms with van der Waals surface area (Å²) in [5, 5.41) is 2.33. The van der Waals surface area contributed by atoms with E-state index in [0.717, 1.165) is 18.6 Å². The van der Waals surface area contributed by atoms with Crippen LogP contribution in [-0.2, 0) is 21.9 Å². The number of hydrogen-bond acceptors (Lipinski definition) is 2. The Bertz CT molecular complexity index is 770. The van der Waals surface area contributed by atoms with E-state index in [1.54, 1.807) is 4.90 Å². The van der Waals surface area contributed by atoms with Crippen LogP contribution in [0.25, 0.3) is 5.57 Å². The number of likely N-dealkylation sites (tertiary alicyclic amines) is 1. The van der Waals surface area contributed by atoms with Gasteiger partial charge in [0, 0.05) is 31.6 Å². The Morgan fingerprint density at radius 2 is 1.82 bits per heavy atom. The SMILES string of the molecule is C=C(C(=O)NCCCN1CCCC1=O)c1cccc(C(F)(F)F)c1C(F)(F)F. The summed E-state index contributed by atoms with van der Waals surface area (Å²) in [5.41, 5.74) is -5.45. The number of amides is 2. The first-order valence-electron chi connectivity index (χ1n) is 8.45. The second kappa shape index (κ2) is 8.24. The van der Waals surface area contributed by atoms with Gasteiger partial charge in [-0.2, -0.15) is 26.3 Å². The van der Waals surface area contributed by atoms with Gasteiger partial charge in [-0.3, -0.25) is 9.59 Å². The van der Waals surface area contributed by atoms with Gasteiger partial charge in [-0.05, 0) is 24.5 Å². The van der Waals surface area contributed by atoms with Gasteiger partial charge in [-0.15, -0.1) is 0 Å². The smallest absolute Gasteiger partial charge is 0.352 e. The largest absolute Gasteiger partial charge is 0.417 e. The van der Waals surface area contributed by atoms with Crippen LogP contribution in [0.3, 0.4) is 0 Å². The van der Waals surface area contributed by atoms with Crippen molar-refractivity contribution in [2.75, 3.05) is 19.6 Å². The van der Waals surface area contributed by atoms with Crippen LogP contribution in [0.15, 0.2) is 24.8 Å². The van der Waals surface area contributed by atoms with Gasteiger partial charge in [0.2, 0.25) is 5.91 Å². The van der Waals surface area contributed by atoms with Crippen molar-refractivity contribution in [1.82, 2.24) is 10.2 Å². The molecule has 0 unspecified atom stereocenters. The molecule has 1 fully saturated rings. The number of benzene rings is 1. The maximum Gasteiger partial charge on any atom is 0.417 e. The maximum absolute atomic E-state index is 13.3. The van der Waals surface area contributed by atoms with E-state index in [0.29, 0.717) is 32.0 Å². The fourth-order valence-corrected chi connectivity index (χ4v) is 2.99. The first-order valence-corrected chi connectivity index (χ1v) is 8.45. The van der Waals surface area contributed by atoms with Gasteiger partial charge in [0.05, 0.1) is 11.1 Å². The number of carbonyl (C=O) groups excluding carboxylic acids is 2. The fourth-order valence-electron chi connectivity index (χ4n) is 2.99. The topological polar surface area (TPSA) is 49.4 Å². The Balaban J connectivity index is 2.10. The molecule has 28 heavy (non-hydrogen) atoms. The van der Waals surface area contributed by atoms with Crippen LogP contribution in [-0.4, -0.2) is 36.3 Å². The van der Waals surface area contributed by atoms with Crippen molar-refractivity contribution >= 4 is 17.4 Å². The van der Waals surface area contributed by atoms with Gasteiger partial charge in [0.25, 0.3) is 5.91 Å². The normalized spacial score (nSPS) is 15.1. The highest BCUT2D eigenvalue weighted by molar-refractivity contribution is 6.19. The number of nitrogens with one attached hydrogen (secondary N) is 1. The minimum atomic E-state index is -5.32. The minimum absolute atomic E-state index is 0.00507. The first kappa shape index (κ1) is 21.8. The van der Waals surface area contributed by atoms with Crippen LogP contribution in [0.2, 0.25) is 0 Å². The molecule has 0 aliphatic carbocycles. The van der Waals surface area contributed by atoms with E-state index in [1.807, 2.05) is 0 Å². The molecule has 1 saturated heterocycles. The molecule has 2 rings (SSSR count). The molecule has 1 aromatic carbocycles. The van der Waals surface area contributed by atoms with Gasteiger partial charge < -0.3 is 10.2 Å². The second-order valence-corrected chi connectivity index (χ2v) is 6.30. The van der Waals surface area contributed by atoms with Crippen molar-refractivity contribution in [2.45, 2.75) is 31.6 Å². The number of halogens is 6. The van der Waals surface area contributed by atoms with Crippen LogP contribution in [0.5, 0.6) is 0 Å². The Morgan fingerprint density at radius 1 is 1.14 bits per heavy atom. The molecule has 0 atom stereocenters. The predicted molar refractivity (Wildman–Crippen MR) is 88.9 cm³/mol. The first-order chi connectivity index (χ1) is 12.9. The van der Waals surface area contributed by atoms with E-state index in [9.17, 15) is 35.9 Å². The average molecular weight is 408 g/mol. The van der Waals surface area contributed by atoms with Crippen LogP contribution >= 0.6 is 0 Å². The van der Waals surface area contributed by atoms with Crippen LogP contribution < -0.4 is 5.32 Å². The molecule has 1 aromatic rings. The lowest BCUT2D eigenvalue weighted by Gasteiger charge is -2.20. The van der Waals surface area contributed by atoms with Crippen molar-refractivity contribution in [3.05, 3.63) is 41.5 Å². The highest BCUT2D eigenvalue weighted by Crippen LogP contribution is 2.43. The van der Waals surface area contributed by atoms with Crippen LogP contribution in [0.4, 0.5) is 26.3 Å². The molecule has 4 nitrogen and oxygen atoms in total. The zero-order valence-electron chi connectivity index (χ0n) is 14.7. The Morgan fingerprint density at radius 3 is 2.36 bits per heavy atom. The third kappa shape index (κ3) is 5.05. The highest BCUT2D eigenvalue weighted by atomic mass is 19.4. The van der Waals surface area contributed by atoms with E-state index in [4.69, 9.17) is 0 Å². The third-order valence-corrected chi connectivity index (χ3v) is 4.31. The quantitative estimate of drug-likeness (QED) is 0.442. The van der Waals surface area contributed by atoms with Crippen LogP contribution in [0.1, 0.15) is 36.0 Å². The number of hydrogen-bond donors (Lipinski definition) is 1. The summed E-state index contributed by atoms with van der Waals surface area (Å²) in [6.45, 7) is 4.28. The molecule has 1 N–H and O–H groups in total. The number of rotatable bonds is 6. The van der Waals surface area contributed by atoms with Gasteiger partial charge in [-0.25, -0.2) is 0 Å². The third-order valence-electron chi connectivity index (χ3n) is 4.31.